The minimum atomic E-state index is -0.940. The molecule has 0 radical (unpaired) electrons. The number of hydrogen-bond donors (Lipinski definition) is 2. The third-order valence-corrected chi connectivity index (χ3v) is 2.95. The molecule has 0 saturated heterocycles. The van der Waals surface area contributed by atoms with Crippen LogP contribution >= 0.6 is 0 Å². The Morgan fingerprint density at radius 1 is 1.29 bits per heavy atom. The summed E-state index contributed by atoms with van der Waals surface area (Å²) < 4.78 is 0. The van der Waals surface area contributed by atoms with Crippen LogP contribution in [0.4, 0.5) is 0 Å². The molecule has 14 heavy (non-hydrogen) atoms. The summed E-state index contributed by atoms with van der Waals surface area (Å²) in [7, 11) is 0. The fourth-order valence-electron chi connectivity index (χ4n) is 1.71. The van der Waals surface area contributed by atoms with Gasteiger partial charge in [0.2, 0.25) is 0 Å². The van der Waals surface area contributed by atoms with E-state index in [1.165, 1.54) is 0 Å². The Balaban J connectivity index is 4.68. The summed E-state index contributed by atoms with van der Waals surface area (Å²) in [5.41, 5.74) is -0.890. The van der Waals surface area contributed by atoms with Crippen LogP contribution in [0.1, 0.15) is 40.0 Å². The maximum Gasteiger partial charge on any atom is 0.309 e. The number of carboxylic acids is 2. The second kappa shape index (κ2) is 4.98. The summed E-state index contributed by atoms with van der Waals surface area (Å²) in [4.78, 5) is 21.5. The normalized spacial score (nSPS) is 15.1. The second-order valence-electron chi connectivity index (χ2n) is 3.86. The first kappa shape index (κ1) is 12.9. The molecule has 4 heteroatoms. The molecule has 82 valence electrons. The van der Waals surface area contributed by atoms with Crippen LogP contribution in [0.2, 0.25) is 0 Å². The zero-order chi connectivity index (χ0) is 11.4. The Morgan fingerprint density at radius 2 is 1.79 bits per heavy atom. The largest absolute Gasteiger partial charge is 0.481 e. The molecule has 0 fully saturated rings. The van der Waals surface area contributed by atoms with Gasteiger partial charge < -0.3 is 10.2 Å². The van der Waals surface area contributed by atoms with Gasteiger partial charge in [-0.2, -0.15) is 0 Å². The Morgan fingerprint density at radius 3 is 2.00 bits per heavy atom. The van der Waals surface area contributed by atoms with E-state index >= 15 is 0 Å². The summed E-state index contributed by atoms with van der Waals surface area (Å²) in [6.45, 7) is 5.43. The summed E-state index contributed by atoms with van der Waals surface area (Å²) in [6, 6.07) is 0. The average Bonchev–Trinajstić information content (AvgIpc) is 2.04. The molecule has 0 aliphatic heterocycles. The number of carbonyl (C=O) groups is 2. The van der Waals surface area contributed by atoms with E-state index in [9.17, 15) is 9.59 Å². The minimum Gasteiger partial charge on any atom is -0.481 e. The third kappa shape index (κ3) is 2.72. The van der Waals surface area contributed by atoms with Gasteiger partial charge in [-0.15, -0.1) is 0 Å². The predicted molar refractivity (Wildman–Crippen MR) is 52.1 cm³/mol. The molecule has 0 spiro atoms. The quantitative estimate of drug-likeness (QED) is 0.690. The van der Waals surface area contributed by atoms with E-state index in [1.807, 2.05) is 13.8 Å². The Labute approximate surface area is 83.9 Å². The van der Waals surface area contributed by atoms with Crippen LogP contribution in [0.15, 0.2) is 0 Å². The van der Waals surface area contributed by atoms with E-state index in [-0.39, 0.29) is 18.8 Å². The van der Waals surface area contributed by atoms with Crippen LogP contribution in [0, 0.1) is 11.3 Å². The van der Waals surface area contributed by atoms with Crippen molar-refractivity contribution in [3.63, 3.8) is 0 Å². The molecule has 1 unspecified atom stereocenters. The number of aliphatic carboxylic acids is 2. The van der Waals surface area contributed by atoms with E-state index in [0.29, 0.717) is 6.42 Å². The van der Waals surface area contributed by atoms with E-state index in [0.717, 1.165) is 0 Å². The first-order valence-corrected chi connectivity index (χ1v) is 4.82. The fraction of sp³-hybridized carbons (Fsp3) is 0.800. The van der Waals surface area contributed by atoms with Crippen molar-refractivity contribution in [2.45, 2.75) is 40.0 Å². The predicted octanol–water partition coefficient (Wildman–Crippen LogP) is 1.99. The molecule has 0 rings (SSSR count). The number of rotatable bonds is 6. The maximum atomic E-state index is 11.1. The molecule has 1 atom stereocenters. The van der Waals surface area contributed by atoms with Gasteiger partial charge in [0.15, 0.2) is 0 Å². The van der Waals surface area contributed by atoms with Crippen LogP contribution < -0.4 is 0 Å². The van der Waals surface area contributed by atoms with Crippen molar-refractivity contribution in [1.82, 2.24) is 0 Å². The highest BCUT2D eigenvalue weighted by Gasteiger charge is 2.39. The summed E-state index contributed by atoms with van der Waals surface area (Å²) in [5.74, 6) is -1.88. The highest BCUT2D eigenvalue weighted by molar-refractivity contribution is 5.76. The Bertz CT molecular complexity index is 222. The van der Waals surface area contributed by atoms with Crippen LogP contribution in [0.25, 0.3) is 0 Å². The van der Waals surface area contributed by atoms with Gasteiger partial charge in [-0.05, 0) is 18.8 Å². The van der Waals surface area contributed by atoms with Crippen molar-refractivity contribution in [3.05, 3.63) is 0 Å². The summed E-state index contributed by atoms with van der Waals surface area (Å²) >= 11 is 0. The molecule has 0 aliphatic rings. The SMILES string of the molecule is CCC(CCC(=O)O)(C(=O)O)C(C)C. The van der Waals surface area contributed by atoms with E-state index in [2.05, 4.69) is 0 Å². The van der Waals surface area contributed by atoms with Crippen LogP contribution in [-0.4, -0.2) is 22.2 Å². The van der Waals surface area contributed by atoms with Crippen molar-refractivity contribution in [3.8, 4) is 0 Å². The zero-order valence-corrected chi connectivity index (χ0v) is 8.91. The molecule has 2 N–H and O–H groups in total. The molecule has 0 aromatic carbocycles. The van der Waals surface area contributed by atoms with Gasteiger partial charge in [0.1, 0.15) is 0 Å². The van der Waals surface area contributed by atoms with E-state index in [1.54, 1.807) is 6.92 Å². The monoisotopic (exact) mass is 202 g/mol. The third-order valence-electron chi connectivity index (χ3n) is 2.95. The molecule has 0 aromatic heterocycles. The van der Waals surface area contributed by atoms with E-state index in [4.69, 9.17) is 10.2 Å². The summed E-state index contributed by atoms with van der Waals surface area (Å²) in [6.07, 6.45) is 0.581. The molecule has 4 nitrogen and oxygen atoms in total. The zero-order valence-electron chi connectivity index (χ0n) is 8.91. The first-order valence-electron chi connectivity index (χ1n) is 4.82. The maximum absolute atomic E-state index is 11.1. The van der Waals surface area contributed by atoms with Gasteiger partial charge in [-0.3, -0.25) is 9.59 Å². The molecular weight excluding hydrogens is 184 g/mol. The van der Waals surface area contributed by atoms with Crippen LogP contribution in [-0.2, 0) is 9.59 Å². The molecule has 0 aliphatic carbocycles. The first-order chi connectivity index (χ1) is 6.36. The highest BCUT2D eigenvalue weighted by atomic mass is 16.4. The standard InChI is InChI=1S/C10H18O4/c1-4-10(7(2)3,9(13)14)6-5-8(11)12/h7H,4-6H2,1-3H3,(H,11,12)(H,13,14). The Kier molecular flexibility index (Phi) is 4.60. The van der Waals surface area contributed by atoms with Crippen LogP contribution in [0.5, 0.6) is 0 Å². The molecule has 0 aromatic rings. The van der Waals surface area contributed by atoms with Crippen molar-refractivity contribution >= 4 is 11.9 Å². The average molecular weight is 202 g/mol. The number of carboxylic acid groups (broad SMARTS) is 2. The van der Waals surface area contributed by atoms with Gasteiger partial charge in [-0.25, -0.2) is 0 Å². The fourth-order valence-corrected chi connectivity index (χ4v) is 1.71. The van der Waals surface area contributed by atoms with E-state index < -0.39 is 17.4 Å². The van der Waals surface area contributed by atoms with Gasteiger partial charge in [-0.1, -0.05) is 20.8 Å². The lowest BCUT2D eigenvalue weighted by Crippen LogP contribution is -2.36. The molecule has 0 bridgehead atoms. The van der Waals surface area contributed by atoms with Crippen molar-refractivity contribution in [1.29, 1.82) is 0 Å². The molecule has 0 saturated carbocycles. The highest BCUT2D eigenvalue weighted by Crippen LogP contribution is 2.36. The van der Waals surface area contributed by atoms with Gasteiger partial charge in [0.25, 0.3) is 0 Å². The molecule has 0 amide bonds. The smallest absolute Gasteiger partial charge is 0.309 e. The molecular formula is C10H18O4. The lowest BCUT2D eigenvalue weighted by molar-refractivity contribution is -0.153. The molecule has 0 heterocycles. The lowest BCUT2D eigenvalue weighted by atomic mass is 9.72. The topological polar surface area (TPSA) is 74.6 Å². The van der Waals surface area contributed by atoms with Gasteiger partial charge in [0.05, 0.1) is 5.41 Å². The second-order valence-corrected chi connectivity index (χ2v) is 3.86. The van der Waals surface area contributed by atoms with Gasteiger partial charge >= 0.3 is 11.9 Å². The Hall–Kier alpha value is -1.06. The van der Waals surface area contributed by atoms with Crippen LogP contribution in [0.3, 0.4) is 0 Å². The van der Waals surface area contributed by atoms with Crippen molar-refractivity contribution in [2.24, 2.45) is 11.3 Å². The lowest BCUT2D eigenvalue weighted by Gasteiger charge is -2.31. The minimum absolute atomic E-state index is 0.0515. The van der Waals surface area contributed by atoms with Crippen molar-refractivity contribution < 1.29 is 19.8 Å². The van der Waals surface area contributed by atoms with Crippen molar-refractivity contribution in [2.75, 3.05) is 0 Å². The number of hydrogen-bond acceptors (Lipinski definition) is 2. The summed E-state index contributed by atoms with van der Waals surface area (Å²) in [5, 5.41) is 17.7. The van der Waals surface area contributed by atoms with Gasteiger partial charge in [0, 0.05) is 6.42 Å².